The van der Waals surface area contributed by atoms with E-state index in [1.807, 2.05) is 23.1 Å². The Morgan fingerprint density at radius 2 is 1.72 bits per heavy atom. The van der Waals surface area contributed by atoms with Crippen molar-refractivity contribution in [1.29, 1.82) is 0 Å². The number of urea groups is 1. The third-order valence-corrected chi connectivity index (χ3v) is 6.76. The summed E-state index contributed by atoms with van der Waals surface area (Å²) in [4.78, 5) is 30.2. The van der Waals surface area contributed by atoms with Crippen LogP contribution in [0.2, 0.25) is 0 Å². The molecule has 174 valence electrons. The van der Waals surface area contributed by atoms with Crippen LogP contribution in [0.15, 0.2) is 36.0 Å². The number of nitrogens with one attached hydrogen (secondary N) is 1. The third kappa shape index (κ3) is 4.64. The summed E-state index contributed by atoms with van der Waals surface area (Å²) >= 11 is 0. The molecule has 2 atom stereocenters. The highest BCUT2D eigenvalue weighted by molar-refractivity contribution is 5.94. The van der Waals surface area contributed by atoms with Gasteiger partial charge in [-0.25, -0.2) is 4.79 Å². The van der Waals surface area contributed by atoms with Gasteiger partial charge in [0.2, 0.25) is 5.91 Å². The van der Waals surface area contributed by atoms with Crippen LogP contribution in [0, 0.1) is 17.3 Å². The number of allylic oxidation sites excluding steroid dienone is 1. The number of nitrogens with two attached hydrogens (primary N) is 1. The van der Waals surface area contributed by atoms with E-state index >= 15 is 0 Å². The van der Waals surface area contributed by atoms with E-state index in [1.165, 1.54) is 5.70 Å². The number of piperazine rings is 1. The minimum Gasteiger partial charge on any atom is -0.369 e. The fourth-order valence-electron chi connectivity index (χ4n) is 5.91. The molecule has 1 aromatic rings. The van der Waals surface area contributed by atoms with Crippen molar-refractivity contribution in [3.8, 4) is 0 Å². The summed E-state index contributed by atoms with van der Waals surface area (Å²) in [5.74, 6) is -0.195. The zero-order chi connectivity index (χ0) is 23.3. The van der Waals surface area contributed by atoms with E-state index in [9.17, 15) is 9.59 Å². The molecule has 0 bridgehead atoms. The number of fused-ring (bicyclic) bond motifs is 1. The van der Waals surface area contributed by atoms with Gasteiger partial charge in [-0.15, -0.1) is 0 Å². The predicted molar refractivity (Wildman–Crippen MR) is 128 cm³/mol. The molecule has 1 saturated heterocycles. The van der Waals surface area contributed by atoms with E-state index < -0.39 is 5.92 Å². The maximum Gasteiger partial charge on any atom is 0.317 e. The fourth-order valence-corrected chi connectivity index (χ4v) is 5.91. The van der Waals surface area contributed by atoms with E-state index in [1.54, 1.807) is 0 Å². The van der Waals surface area contributed by atoms with Crippen LogP contribution >= 0.6 is 0 Å². The molecule has 1 saturated carbocycles. The first-order valence-electron chi connectivity index (χ1n) is 11.9. The van der Waals surface area contributed by atoms with Gasteiger partial charge >= 0.3 is 6.03 Å². The van der Waals surface area contributed by atoms with Crippen molar-refractivity contribution >= 4 is 17.5 Å². The van der Waals surface area contributed by atoms with Crippen molar-refractivity contribution < 1.29 is 9.59 Å². The van der Waals surface area contributed by atoms with Gasteiger partial charge in [-0.2, -0.15) is 0 Å². The van der Waals surface area contributed by atoms with Gasteiger partial charge in [-0.1, -0.05) is 51.1 Å². The van der Waals surface area contributed by atoms with Crippen LogP contribution in [0.4, 0.5) is 4.79 Å². The van der Waals surface area contributed by atoms with Crippen LogP contribution in [-0.4, -0.2) is 53.0 Å². The summed E-state index contributed by atoms with van der Waals surface area (Å²) < 4.78 is 0. The zero-order valence-corrected chi connectivity index (χ0v) is 20.1. The summed E-state index contributed by atoms with van der Waals surface area (Å²) in [6.07, 6.45) is 3.20. The van der Waals surface area contributed by atoms with E-state index in [0.717, 1.165) is 36.9 Å². The number of carbonyl (C=O) groups is 2. The Labute approximate surface area is 192 Å². The molecule has 2 aliphatic heterocycles. The second kappa shape index (κ2) is 8.13. The number of hydrogen-bond donors (Lipinski definition) is 2. The second-order valence-electron chi connectivity index (χ2n) is 11.6. The van der Waals surface area contributed by atoms with Crippen LogP contribution in [-0.2, 0) is 4.79 Å². The number of nitrogens with zero attached hydrogens (tertiary/aromatic N) is 2. The Balaban J connectivity index is 1.57. The lowest BCUT2D eigenvalue weighted by Crippen LogP contribution is -2.60. The van der Waals surface area contributed by atoms with Crippen molar-refractivity contribution in [2.45, 2.75) is 65.5 Å². The first-order chi connectivity index (χ1) is 15.0. The molecule has 3 N–H and O–H groups in total. The number of hydrogen-bond acceptors (Lipinski definition) is 3. The van der Waals surface area contributed by atoms with Crippen molar-refractivity contribution in [3.05, 3.63) is 41.6 Å². The Morgan fingerprint density at radius 1 is 1.06 bits per heavy atom. The highest BCUT2D eigenvalue weighted by Gasteiger charge is 2.50. The van der Waals surface area contributed by atoms with E-state index in [0.29, 0.717) is 19.0 Å². The number of primary amides is 1. The molecule has 1 aliphatic carbocycles. The van der Waals surface area contributed by atoms with Gasteiger partial charge in [-0.05, 0) is 55.6 Å². The third-order valence-electron chi connectivity index (χ3n) is 6.76. The van der Waals surface area contributed by atoms with Crippen molar-refractivity contribution in [3.63, 3.8) is 0 Å². The van der Waals surface area contributed by atoms with E-state index in [-0.39, 0.29) is 28.9 Å². The quantitative estimate of drug-likeness (QED) is 0.733. The molecule has 2 unspecified atom stereocenters. The topological polar surface area (TPSA) is 78.7 Å². The Bertz CT molecular complexity index is 912. The SMILES string of the molecule is CC(C)(C)CC(C)(C)NC(=O)N1CCN2C(C3CC3)=C(c3ccccc3)C(C(N)=O)C2C1. The second-order valence-corrected chi connectivity index (χ2v) is 11.6. The van der Waals surface area contributed by atoms with Gasteiger partial charge in [0.15, 0.2) is 0 Å². The number of benzene rings is 1. The lowest BCUT2D eigenvalue weighted by Gasteiger charge is -2.43. The molecule has 1 aromatic carbocycles. The maximum atomic E-state index is 13.2. The molecule has 2 heterocycles. The van der Waals surface area contributed by atoms with Gasteiger partial charge in [0.1, 0.15) is 0 Å². The van der Waals surface area contributed by atoms with Crippen LogP contribution in [0.1, 0.15) is 59.4 Å². The highest BCUT2D eigenvalue weighted by Crippen LogP contribution is 2.51. The largest absolute Gasteiger partial charge is 0.369 e. The summed E-state index contributed by atoms with van der Waals surface area (Å²) in [5.41, 5.74) is 9.25. The molecule has 2 fully saturated rings. The summed E-state index contributed by atoms with van der Waals surface area (Å²) in [7, 11) is 0. The Hall–Kier alpha value is -2.50. The first-order valence-corrected chi connectivity index (χ1v) is 11.9. The molecule has 6 nitrogen and oxygen atoms in total. The zero-order valence-electron chi connectivity index (χ0n) is 20.1. The predicted octanol–water partition coefficient (Wildman–Crippen LogP) is 3.83. The van der Waals surface area contributed by atoms with Gasteiger partial charge < -0.3 is 20.9 Å². The molecular formula is C26H38N4O2. The molecule has 6 heteroatoms. The highest BCUT2D eigenvalue weighted by atomic mass is 16.2. The van der Waals surface area contributed by atoms with E-state index in [2.05, 4.69) is 57.0 Å². The monoisotopic (exact) mass is 438 g/mol. The number of carbonyl (C=O) groups excluding carboxylic acids is 2. The van der Waals surface area contributed by atoms with Crippen molar-refractivity contribution in [2.75, 3.05) is 19.6 Å². The van der Waals surface area contributed by atoms with Crippen molar-refractivity contribution in [1.82, 2.24) is 15.1 Å². The number of rotatable bonds is 5. The van der Waals surface area contributed by atoms with Crippen LogP contribution < -0.4 is 11.1 Å². The molecular weight excluding hydrogens is 400 g/mol. The molecule has 3 aliphatic rings. The maximum absolute atomic E-state index is 13.2. The lowest BCUT2D eigenvalue weighted by atomic mass is 9.82. The molecule has 32 heavy (non-hydrogen) atoms. The summed E-state index contributed by atoms with van der Waals surface area (Å²) in [5, 5.41) is 3.23. The summed E-state index contributed by atoms with van der Waals surface area (Å²) in [6.45, 7) is 12.6. The lowest BCUT2D eigenvalue weighted by molar-refractivity contribution is -0.121. The van der Waals surface area contributed by atoms with Gasteiger partial charge in [0.05, 0.1) is 12.0 Å². The molecule has 3 amide bonds. The fraction of sp³-hybridized carbons (Fsp3) is 0.615. The molecule has 0 aromatic heterocycles. The average molecular weight is 439 g/mol. The molecule has 0 radical (unpaired) electrons. The smallest absolute Gasteiger partial charge is 0.317 e. The number of amides is 3. The average Bonchev–Trinajstić information content (AvgIpc) is 3.46. The van der Waals surface area contributed by atoms with Gasteiger partial charge in [0, 0.05) is 30.9 Å². The van der Waals surface area contributed by atoms with E-state index in [4.69, 9.17) is 5.73 Å². The normalized spacial score (nSPS) is 23.9. The standard InChI is InChI=1S/C26H38N4O2/c1-25(2,3)16-26(4,5)28-24(32)29-13-14-30-19(15-29)21(23(27)31)20(22(30)18-11-12-18)17-9-7-6-8-10-17/h6-10,18-19,21H,11-16H2,1-5H3,(H2,27,31)(H,28,32). The molecule has 4 rings (SSSR count). The van der Waals surface area contributed by atoms with Gasteiger partial charge in [-0.3, -0.25) is 4.79 Å². The van der Waals surface area contributed by atoms with Crippen molar-refractivity contribution in [2.24, 2.45) is 23.0 Å². The minimum absolute atomic E-state index is 0.0525. The minimum atomic E-state index is -0.397. The summed E-state index contributed by atoms with van der Waals surface area (Å²) in [6, 6.07) is 10.0. The van der Waals surface area contributed by atoms with Gasteiger partial charge in [0.25, 0.3) is 0 Å². The first kappa shape index (κ1) is 22.7. The van der Waals surface area contributed by atoms with Crippen LogP contribution in [0.25, 0.3) is 5.57 Å². The Morgan fingerprint density at radius 3 is 2.28 bits per heavy atom. The Kier molecular flexibility index (Phi) is 5.76. The van der Waals surface area contributed by atoms with Crippen LogP contribution in [0.5, 0.6) is 0 Å². The van der Waals surface area contributed by atoms with Crippen LogP contribution in [0.3, 0.4) is 0 Å². The molecule has 0 spiro atoms.